The molecule has 2 aromatic rings. The lowest BCUT2D eigenvalue weighted by molar-refractivity contribution is -0.127. The highest BCUT2D eigenvalue weighted by Gasteiger charge is 2.30. The van der Waals surface area contributed by atoms with Crippen LogP contribution in [0.25, 0.3) is 0 Å². The van der Waals surface area contributed by atoms with E-state index in [1.165, 1.54) is 6.07 Å². The molecule has 25 heavy (non-hydrogen) atoms. The molecule has 1 aliphatic rings. The Hall–Kier alpha value is -2.89. The van der Waals surface area contributed by atoms with Gasteiger partial charge in [0, 0.05) is 30.6 Å². The molecule has 2 amide bonds. The maximum absolute atomic E-state index is 13.6. The van der Waals surface area contributed by atoms with Gasteiger partial charge in [-0.05, 0) is 24.6 Å². The van der Waals surface area contributed by atoms with E-state index in [-0.39, 0.29) is 17.6 Å². The Morgan fingerprint density at radius 2 is 1.80 bits per heavy atom. The summed E-state index contributed by atoms with van der Waals surface area (Å²) in [6, 6.07) is 13.6. The van der Waals surface area contributed by atoms with Crippen molar-refractivity contribution >= 4 is 11.8 Å². The van der Waals surface area contributed by atoms with Crippen molar-refractivity contribution in [1.82, 2.24) is 10.6 Å². The third-order valence-electron chi connectivity index (χ3n) is 3.98. The lowest BCUT2D eigenvalue weighted by Gasteiger charge is -2.11. The molecule has 130 valence electrons. The van der Waals surface area contributed by atoms with Gasteiger partial charge in [-0.3, -0.25) is 9.59 Å². The van der Waals surface area contributed by atoms with Crippen LogP contribution < -0.4 is 15.4 Å². The number of carbonyl (C=O) groups excluding carboxylic acids is 2. The number of halogens is 1. The van der Waals surface area contributed by atoms with Gasteiger partial charge in [-0.25, -0.2) is 4.39 Å². The molecule has 1 heterocycles. The van der Waals surface area contributed by atoms with E-state index in [9.17, 15) is 14.0 Å². The van der Waals surface area contributed by atoms with Gasteiger partial charge in [-0.1, -0.05) is 30.3 Å². The molecule has 0 bridgehead atoms. The minimum absolute atomic E-state index is 0.142. The van der Waals surface area contributed by atoms with Crippen LogP contribution in [0.15, 0.2) is 48.5 Å². The Morgan fingerprint density at radius 3 is 2.56 bits per heavy atom. The van der Waals surface area contributed by atoms with Gasteiger partial charge < -0.3 is 15.4 Å². The number of hydrogen-bond acceptors (Lipinski definition) is 3. The molecule has 0 saturated carbocycles. The average molecular weight is 342 g/mol. The summed E-state index contributed by atoms with van der Waals surface area (Å²) in [5.41, 5.74) is 1.31. The normalized spacial score (nSPS) is 15.2. The predicted octanol–water partition coefficient (Wildman–Crippen LogP) is 2.07. The zero-order chi connectivity index (χ0) is 17.6. The molecule has 1 atom stereocenters. The number of carbonyl (C=O) groups is 2. The van der Waals surface area contributed by atoms with E-state index in [2.05, 4.69) is 10.6 Å². The number of benzene rings is 2. The molecule has 0 aliphatic carbocycles. The predicted molar refractivity (Wildman–Crippen MR) is 90.9 cm³/mol. The van der Waals surface area contributed by atoms with Crippen LogP contribution in [0.2, 0.25) is 0 Å². The molecule has 0 radical (unpaired) electrons. The van der Waals surface area contributed by atoms with Crippen LogP contribution in [0.4, 0.5) is 4.39 Å². The van der Waals surface area contributed by atoms with Gasteiger partial charge in [-0.2, -0.15) is 0 Å². The Morgan fingerprint density at radius 1 is 1.04 bits per heavy atom. The van der Waals surface area contributed by atoms with E-state index in [0.717, 1.165) is 0 Å². The number of hydrogen-bond donors (Lipinski definition) is 2. The summed E-state index contributed by atoms with van der Waals surface area (Å²) < 4.78 is 19.0. The second-order valence-corrected chi connectivity index (χ2v) is 5.81. The first-order chi connectivity index (χ1) is 12.1. The van der Waals surface area contributed by atoms with Crippen LogP contribution in [0.5, 0.6) is 5.75 Å². The minimum atomic E-state index is -0.703. The molecule has 0 unspecified atom stereocenters. The average Bonchev–Trinajstić information content (AvgIpc) is 3.08. The zero-order valence-corrected chi connectivity index (χ0v) is 13.6. The smallest absolute Gasteiger partial charge is 0.261 e. The van der Waals surface area contributed by atoms with Crippen LogP contribution in [0.3, 0.4) is 0 Å². The number of amides is 2. The maximum atomic E-state index is 13.6. The largest absolute Gasteiger partial charge is 0.477 e. The first kappa shape index (κ1) is 17.0. The van der Waals surface area contributed by atoms with Crippen LogP contribution >= 0.6 is 0 Å². The van der Waals surface area contributed by atoms with Crippen LogP contribution in [-0.4, -0.2) is 31.0 Å². The monoisotopic (exact) mass is 342 g/mol. The molecule has 0 spiro atoms. The van der Waals surface area contributed by atoms with Crippen molar-refractivity contribution in [3.63, 3.8) is 0 Å². The molecular formula is C19H19FN2O3. The Bertz CT molecular complexity index is 765. The highest BCUT2D eigenvalue weighted by atomic mass is 19.1. The highest BCUT2D eigenvalue weighted by Crippen LogP contribution is 2.31. The van der Waals surface area contributed by atoms with Crippen molar-refractivity contribution in [3.8, 4) is 5.75 Å². The summed E-state index contributed by atoms with van der Waals surface area (Å²) >= 11 is 0. The zero-order valence-electron chi connectivity index (χ0n) is 13.6. The van der Waals surface area contributed by atoms with Crippen LogP contribution in [0.1, 0.15) is 22.3 Å². The Labute approximate surface area is 145 Å². The van der Waals surface area contributed by atoms with E-state index in [1.807, 2.05) is 6.07 Å². The number of ether oxygens (including phenoxy) is 1. The fraction of sp³-hybridized carbons (Fsp3) is 0.263. The van der Waals surface area contributed by atoms with Crippen LogP contribution in [0, 0.1) is 5.82 Å². The topological polar surface area (TPSA) is 67.4 Å². The summed E-state index contributed by atoms with van der Waals surface area (Å²) in [6.45, 7) is 0.862. The van der Waals surface area contributed by atoms with Gasteiger partial charge in [0.25, 0.3) is 11.8 Å². The molecule has 3 rings (SSSR count). The summed E-state index contributed by atoms with van der Waals surface area (Å²) in [6.07, 6.45) is 0.257. The SMILES string of the molecule is O=C(NCCCNC(=O)[C@@H]1Cc2cccc(F)c2O1)c1ccccc1. The van der Waals surface area contributed by atoms with Gasteiger partial charge in [0.05, 0.1) is 0 Å². The van der Waals surface area contributed by atoms with Gasteiger partial charge in [0.15, 0.2) is 17.7 Å². The molecular weight excluding hydrogens is 323 g/mol. The molecule has 0 aromatic heterocycles. The van der Waals surface area contributed by atoms with E-state index in [0.29, 0.717) is 37.1 Å². The van der Waals surface area contributed by atoms with Gasteiger partial charge in [0.1, 0.15) is 0 Å². The number of nitrogens with one attached hydrogen (secondary N) is 2. The second kappa shape index (κ2) is 7.79. The van der Waals surface area contributed by atoms with Gasteiger partial charge >= 0.3 is 0 Å². The van der Waals surface area contributed by atoms with E-state index < -0.39 is 11.9 Å². The maximum Gasteiger partial charge on any atom is 0.261 e. The molecule has 2 aromatic carbocycles. The first-order valence-corrected chi connectivity index (χ1v) is 8.20. The number of para-hydroxylation sites is 1. The van der Waals surface area contributed by atoms with Crippen molar-refractivity contribution < 1.29 is 18.7 Å². The standard InChI is InChI=1S/C19H19FN2O3/c20-15-9-4-8-14-12-16(25-17(14)15)19(24)22-11-5-10-21-18(23)13-6-2-1-3-7-13/h1-4,6-9,16H,5,10-12H2,(H,21,23)(H,22,24)/t16-/m0/s1. The summed E-state index contributed by atoms with van der Waals surface area (Å²) in [7, 11) is 0. The fourth-order valence-corrected chi connectivity index (χ4v) is 2.68. The lowest BCUT2D eigenvalue weighted by Crippen LogP contribution is -2.38. The minimum Gasteiger partial charge on any atom is -0.477 e. The van der Waals surface area contributed by atoms with Crippen molar-refractivity contribution in [2.75, 3.05) is 13.1 Å². The summed E-state index contributed by atoms with van der Waals surface area (Å²) in [5, 5.41) is 5.55. The molecule has 0 fully saturated rings. The summed E-state index contributed by atoms with van der Waals surface area (Å²) in [5.74, 6) is -0.698. The van der Waals surface area contributed by atoms with Crippen molar-refractivity contribution in [2.24, 2.45) is 0 Å². The first-order valence-electron chi connectivity index (χ1n) is 8.20. The fourth-order valence-electron chi connectivity index (χ4n) is 2.68. The Balaban J connectivity index is 1.37. The van der Waals surface area contributed by atoms with Gasteiger partial charge in [0.2, 0.25) is 0 Å². The molecule has 5 nitrogen and oxygen atoms in total. The Kier molecular flexibility index (Phi) is 5.28. The molecule has 6 heteroatoms. The molecule has 2 N–H and O–H groups in total. The molecule has 1 aliphatic heterocycles. The third kappa shape index (κ3) is 4.15. The van der Waals surface area contributed by atoms with E-state index in [4.69, 9.17) is 4.74 Å². The quantitative estimate of drug-likeness (QED) is 0.790. The van der Waals surface area contributed by atoms with E-state index in [1.54, 1.807) is 36.4 Å². The highest BCUT2D eigenvalue weighted by molar-refractivity contribution is 5.94. The van der Waals surface area contributed by atoms with E-state index >= 15 is 0 Å². The second-order valence-electron chi connectivity index (χ2n) is 5.81. The molecule has 0 saturated heterocycles. The van der Waals surface area contributed by atoms with Crippen LogP contribution in [-0.2, 0) is 11.2 Å². The lowest BCUT2D eigenvalue weighted by atomic mass is 10.1. The van der Waals surface area contributed by atoms with Crippen molar-refractivity contribution in [3.05, 3.63) is 65.5 Å². The van der Waals surface area contributed by atoms with Gasteiger partial charge in [-0.15, -0.1) is 0 Å². The number of fused-ring (bicyclic) bond motifs is 1. The number of rotatable bonds is 6. The van der Waals surface area contributed by atoms with Crippen molar-refractivity contribution in [2.45, 2.75) is 18.9 Å². The summed E-state index contributed by atoms with van der Waals surface area (Å²) in [4.78, 5) is 24.0. The third-order valence-corrected chi connectivity index (χ3v) is 3.98. The van der Waals surface area contributed by atoms with Crippen molar-refractivity contribution in [1.29, 1.82) is 0 Å².